The number of carbonyl (C=O) groups excluding carboxylic acids is 1. The predicted molar refractivity (Wildman–Crippen MR) is 69.6 cm³/mol. The van der Waals surface area contributed by atoms with Crippen molar-refractivity contribution in [3.8, 4) is 5.75 Å². The third kappa shape index (κ3) is 3.04. The summed E-state index contributed by atoms with van der Waals surface area (Å²) >= 11 is 1.66. The Hall–Kier alpha value is -1.87. The fourth-order valence-corrected chi connectivity index (χ4v) is 2.16. The first-order valence-corrected chi connectivity index (χ1v) is 6.16. The van der Waals surface area contributed by atoms with E-state index in [0.717, 1.165) is 6.42 Å². The molecule has 0 aliphatic heterocycles. The molecule has 0 fully saturated rings. The van der Waals surface area contributed by atoms with E-state index in [1.54, 1.807) is 29.5 Å². The maximum atomic E-state index is 11.8. The van der Waals surface area contributed by atoms with Gasteiger partial charge in [-0.2, -0.15) is 0 Å². The molecule has 0 aliphatic rings. The number of hydrogen-bond acceptors (Lipinski definition) is 3. The zero-order valence-corrected chi connectivity index (χ0v) is 9.98. The first kappa shape index (κ1) is 11.6. The van der Waals surface area contributed by atoms with Crippen molar-refractivity contribution in [1.29, 1.82) is 0 Å². The van der Waals surface area contributed by atoms with Crippen LogP contribution in [0.5, 0.6) is 5.75 Å². The van der Waals surface area contributed by atoms with Crippen LogP contribution in [0.4, 0.5) is 0 Å². The Labute approximate surface area is 104 Å². The average Bonchev–Trinajstić information content (AvgIpc) is 2.82. The maximum absolute atomic E-state index is 11.8. The number of thiophene rings is 1. The Morgan fingerprint density at radius 3 is 2.76 bits per heavy atom. The molecule has 17 heavy (non-hydrogen) atoms. The van der Waals surface area contributed by atoms with E-state index in [-0.39, 0.29) is 11.5 Å². The molecular formula is C14H12O2S. The first-order chi connectivity index (χ1) is 8.27. The highest BCUT2D eigenvalue weighted by Gasteiger charge is 2.05. The van der Waals surface area contributed by atoms with Gasteiger partial charge in [-0.15, -0.1) is 11.3 Å². The zero-order chi connectivity index (χ0) is 12.1. The van der Waals surface area contributed by atoms with Crippen molar-refractivity contribution < 1.29 is 9.90 Å². The number of ketones is 1. The molecule has 0 bridgehead atoms. The molecule has 2 rings (SSSR count). The van der Waals surface area contributed by atoms with Crippen LogP contribution < -0.4 is 0 Å². The lowest BCUT2D eigenvalue weighted by Gasteiger charge is -1.98. The summed E-state index contributed by atoms with van der Waals surface area (Å²) in [6, 6.07) is 10.6. The smallest absolute Gasteiger partial charge is 0.189 e. The summed E-state index contributed by atoms with van der Waals surface area (Å²) in [5.74, 6) is -0.141. The van der Waals surface area contributed by atoms with Gasteiger partial charge >= 0.3 is 0 Å². The molecule has 0 radical (unpaired) electrons. The van der Waals surface area contributed by atoms with Crippen molar-refractivity contribution >= 4 is 17.1 Å². The summed E-state index contributed by atoms with van der Waals surface area (Å²) < 4.78 is 0. The van der Waals surface area contributed by atoms with Crippen LogP contribution >= 0.6 is 11.3 Å². The van der Waals surface area contributed by atoms with Gasteiger partial charge in [0.1, 0.15) is 5.75 Å². The quantitative estimate of drug-likeness (QED) is 0.660. The van der Waals surface area contributed by atoms with E-state index in [1.165, 1.54) is 17.0 Å². The molecule has 0 saturated carbocycles. The molecule has 0 spiro atoms. The van der Waals surface area contributed by atoms with Gasteiger partial charge in [0, 0.05) is 11.3 Å². The second kappa shape index (κ2) is 5.46. The van der Waals surface area contributed by atoms with Gasteiger partial charge in [0.15, 0.2) is 5.78 Å². The number of para-hydroxylation sites is 1. The van der Waals surface area contributed by atoms with Crippen molar-refractivity contribution in [3.05, 3.63) is 64.4 Å². The monoisotopic (exact) mass is 244 g/mol. The van der Waals surface area contributed by atoms with Gasteiger partial charge in [-0.05, 0) is 29.7 Å². The third-order valence-corrected chi connectivity index (χ3v) is 3.24. The van der Waals surface area contributed by atoms with E-state index in [9.17, 15) is 9.90 Å². The Morgan fingerprint density at radius 1 is 1.24 bits per heavy atom. The van der Waals surface area contributed by atoms with Gasteiger partial charge in [0.2, 0.25) is 0 Å². The molecule has 0 amide bonds. The van der Waals surface area contributed by atoms with Gasteiger partial charge in [-0.3, -0.25) is 4.79 Å². The minimum Gasteiger partial charge on any atom is -0.507 e. The lowest BCUT2D eigenvalue weighted by atomic mass is 10.1. The molecule has 0 saturated heterocycles. The summed E-state index contributed by atoms with van der Waals surface area (Å²) in [5, 5.41) is 11.5. The molecule has 0 aliphatic carbocycles. The summed E-state index contributed by atoms with van der Waals surface area (Å²) in [4.78, 5) is 13.0. The van der Waals surface area contributed by atoms with Crippen LogP contribution in [0, 0.1) is 0 Å². The Bertz CT molecular complexity index is 527. The fraction of sp³-hybridized carbons (Fsp3) is 0.0714. The number of allylic oxidation sites excluding steroid dienone is 2. The number of aromatic hydroxyl groups is 1. The topological polar surface area (TPSA) is 37.3 Å². The van der Waals surface area contributed by atoms with Gasteiger partial charge in [-0.1, -0.05) is 24.3 Å². The molecule has 0 atom stereocenters. The van der Waals surface area contributed by atoms with Gasteiger partial charge in [0.25, 0.3) is 0 Å². The third-order valence-electron chi connectivity index (χ3n) is 2.34. The molecule has 1 aromatic carbocycles. The normalized spacial score (nSPS) is 10.8. The number of hydrogen-bond donors (Lipinski definition) is 1. The number of benzene rings is 1. The lowest BCUT2D eigenvalue weighted by Crippen LogP contribution is -1.94. The van der Waals surface area contributed by atoms with Crippen molar-refractivity contribution in [2.45, 2.75) is 6.42 Å². The van der Waals surface area contributed by atoms with E-state index < -0.39 is 0 Å². The number of carbonyl (C=O) groups is 1. The van der Waals surface area contributed by atoms with E-state index >= 15 is 0 Å². The second-order valence-corrected chi connectivity index (χ2v) is 4.60. The van der Waals surface area contributed by atoms with E-state index in [4.69, 9.17) is 0 Å². The first-order valence-electron chi connectivity index (χ1n) is 5.28. The minimum absolute atomic E-state index is 0.0262. The standard InChI is InChI=1S/C14H12O2S/c15-13-8-2-1-7-12(13)14(16)9-3-5-11-6-4-10-17-11/h1-4,6-10,15H,5H2/b9-3+. The van der Waals surface area contributed by atoms with Crippen LogP contribution in [0.3, 0.4) is 0 Å². The maximum Gasteiger partial charge on any atom is 0.189 e. The summed E-state index contributed by atoms with van der Waals surface area (Å²) in [6.07, 6.45) is 4.08. The molecule has 86 valence electrons. The van der Waals surface area contributed by atoms with Crippen LogP contribution in [-0.4, -0.2) is 10.9 Å². The molecule has 1 heterocycles. The van der Waals surface area contributed by atoms with Crippen LogP contribution in [0.2, 0.25) is 0 Å². The molecule has 0 unspecified atom stereocenters. The fourth-order valence-electron chi connectivity index (χ4n) is 1.48. The molecule has 1 N–H and O–H groups in total. The second-order valence-electron chi connectivity index (χ2n) is 3.57. The van der Waals surface area contributed by atoms with E-state index in [2.05, 4.69) is 0 Å². The van der Waals surface area contributed by atoms with Crippen LogP contribution in [-0.2, 0) is 6.42 Å². The van der Waals surface area contributed by atoms with Crippen molar-refractivity contribution in [1.82, 2.24) is 0 Å². The van der Waals surface area contributed by atoms with Crippen molar-refractivity contribution in [2.75, 3.05) is 0 Å². The van der Waals surface area contributed by atoms with Crippen molar-refractivity contribution in [2.24, 2.45) is 0 Å². The predicted octanol–water partition coefficient (Wildman–Crippen LogP) is 3.44. The van der Waals surface area contributed by atoms with Crippen LogP contribution in [0.25, 0.3) is 0 Å². The summed E-state index contributed by atoms with van der Waals surface area (Å²) in [5.41, 5.74) is 0.343. The number of rotatable bonds is 4. The van der Waals surface area contributed by atoms with Gasteiger partial charge in [-0.25, -0.2) is 0 Å². The summed E-state index contributed by atoms with van der Waals surface area (Å²) in [7, 11) is 0. The molecule has 2 nitrogen and oxygen atoms in total. The SMILES string of the molecule is O=C(/C=C/Cc1cccs1)c1ccccc1O. The van der Waals surface area contributed by atoms with Crippen molar-refractivity contribution in [3.63, 3.8) is 0 Å². The molecule has 2 aromatic rings. The Balaban J connectivity index is 2.02. The highest BCUT2D eigenvalue weighted by Crippen LogP contribution is 2.17. The number of phenolic OH excluding ortho intramolecular Hbond substituents is 1. The largest absolute Gasteiger partial charge is 0.507 e. The highest BCUT2D eigenvalue weighted by molar-refractivity contribution is 7.09. The zero-order valence-electron chi connectivity index (χ0n) is 9.17. The van der Waals surface area contributed by atoms with Crippen LogP contribution in [0.1, 0.15) is 15.2 Å². The molecular weight excluding hydrogens is 232 g/mol. The molecule has 3 heteroatoms. The van der Waals surface area contributed by atoms with Crippen LogP contribution in [0.15, 0.2) is 53.9 Å². The van der Waals surface area contributed by atoms with E-state index in [1.807, 2.05) is 23.6 Å². The average molecular weight is 244 g/mol. The Morgan fingerprint density at radius 2 is 2.06 bits per heavy atom. The van der Waals surface area contributed by atoms with Gasteiger partial charge in [0.05, 0.1) is 5.56 Å². The van der Waals surface area contributed by atoms with Gasteiger partial charge < -0.3 is 5.11 Å². The molecule has 1 aromatic heterocycles. The minimum atomic E-state index is -0.167. The lowest BCUT2D eigenvalue weighted by molar-refractivity contribution is 0.104. The Kier molecular flexibility index (Phi) is 3.73. The summed E-state index contributed by atoms with van der Waals surface area (Å²) in [6.45, 7) is 0. The van der Waals surface area contributed by atoms with E-state index in [0.29, 0.717) is 5.56 Å². The highest BCUT2D eigenvalue weighted by atomic mass is 32.1. The number of phenols is 1.